The molecule has 0 aromatic heterocycles. The summed E-state index contributed by atoms with van der Waals surface area (Å²) in [5.41, 5.74) is 0.361. The molecule has 0 aromatic rings. The third-order valence-corrected chi connectivity index (χ3v) is 5.79. The van der Waals surface area contributed by atoms with Gasteiger partial charge in [-0.3, -0.25) is 4.79 Å². The van der Waals surface area contributed by atoms with Gasteiger partial charge in [-0.05, 0) is 32.7 Å². The predicted octanol–water partition coefficient (Wildman–Crippen LogP) is 1.46. The molecule has 1 N–H and O–H groups in total. The molecule has 2 bridgehead atoms. The number of amides is 1. The molecule has 4 rings (SSSR count). The SMILES string of the molecule is CC.CN1CC2CCC(C1)N2C(=O)C1NCC12CCC2. The molecular weight excluding hydrogens is 250 g/mol. The van der Waals surface area contributed by atoms with E-state index in [4.69, 9.17) is 0 Å². The van der Waals surface area contributed by atoms with Crippen LogP contribution in [0.5, 0.6) is 0 Å². The second kappa shape index (κ2) is 5.30. The average Bonchev–Trinajstić information content (AvgIpc) is 2.61. The summed E-state index contributed by atoms with van der Waals surface area (Å²) in [6, 6.07) is 1.12. The summed E-state index contributed by atoms with van der Waals surface area (Å²) in [7, 11) is 2.18. The van der Waals surface area contributed by atoms with Crippen LogP contribution in [-0.4, -0.2) is 60.5 Å². The summed E-state index contributed by atoms with van der Waals surface area (Å²) >= 11 is 0. The number of nitrogens with one attached hydrogen (secondary N) is 1. The summed E-state index contributed by atoms with van der Waals surface area (Å²) in [6.07, 6.45) is 6.26. The van der Waals surface area contributed by atoms with E-state index in [2.05, 4.69) is 22.2 Å². The van der Waals surface area contributed by atoms with Crippen molar-refractivity contribution in [3.05, 3.63) is 0 Å². The van der Waals surface area contributed by atoms with E-state index in [-0.39, 0.29) is 6.04 Å². The predicted molar refractivity (Wildman–Crippen MR) is 80.6 cm³/mol. The molecule has 0 aromatic carbocycles. The van der Waals surface area contributed by atoms with Gasteiger partial charge in [0.05, 0.1) is 6.04 Å². The first-order chi connectivity index (χ1) is 9.70. The number of carbonyl (C=O) groups is 1. The molecular formula is C16H29N3O. The highest BCUT2D eigenvalue weighted by atomic mass is 16.2. The van der Waals surface area contributed by atoms with Crippen LogP contribution < -0.4 is 5.32 Å². The molecule has 4 nitrogen and oxygen atoms in total. The number of carbonyl (C=O) groups excluding carboxylic acids is 1. The third kappa shape index (κ3) is 2.00. The largest absolute Gasteiger partial charge is 0.333 e. The quantitative estimate of drug-likeness (QED) is 0.789. The van der Waals surface area contributed by atoms with Crippen LogP contribution in [0.3, 0.4) is 0 Å². The number of piperazine rings is 1. The highest BCUT2D eigenvalue weighted by Gasteiger charge is 2.57. The van der Waals surface area contributed by atoms with Crippen LogP contribution in [0.25, 0.3) is 0 Å². The van der Waals surface area contributed by atoms with Crippen molar-refractivity contribution in [2.45, 2.75) is 64.1 Å². The van der Waals surface area contributed by atoms with Gasteiger partial charge in [0.2, 0.25) is 5.91 Å². The molecule has 3 atom stereocenters. The number of hydrogen-bond donors (Lipinski definition) is 1. The highest BCUT2D eigenvalue weighted by molar-refractivity contribution is 5.85. The van der Waals surface area contributed by atoms with Gasteiger partial charge < -0.3 is 15.1 Å². The van der Waals surface area contributed by atoms with Crippen molar-refractivity contribution in [1.82, 2.24) is 15.1 Å². The number of likely N-dealkylation sites (tertiary alicyclic amines) is 1. The van der Waals surface area contributed by atoms with E-state index in [1.807, 2.05) is 13.8 Å². The van der Waals surface area contributed by atoms with Gasteiger partial charge >= 0.3 is 0 Å². The third-order valence-electron chi connectivity index (χ3n) is 5.79. The average molecular weight is 279 g/mol. The maximum atomic E-state index is 12.8. The van der Waals surface area contributed by atoms with Crippen LogP contribution in [0.15, 0.2) is 0 Å². The van der Waals surface area contributed by atoms with Gasteiger partial charge in [-0.1, -0.05) is 20.3 Å². The molecule has 0 radical (unpaired) electrons. The van der Waals surface area contributed by atoms with E-state index < -0.39 is 0 Å². The summed E-state index contributed by atoms with van der Waals surface area (Å²) in [6.45, 7) is 7.22. The van der Waals surface area contributed by atoms with E-state index in [0.29, 0.717) is 23.4 Å². The molecule has 4 heteroatoms. The molecule has 3 aliphatic heterocycles. The maximum Gasteiger partial charge on any atom is 0.240 e. The lowest BCUT2D eigenvalue weighted by Gasteiger charge is -2.57. The van der Waals surface area contributed by atoms with E-state index >= 15 is 0 Å². The monoisotopic (exact) mass is 279 g/mol. The first-order valence-electron chi connectivity index (χ1n) is 8.44. The Balaban J connectivity index is 0.000000581. The Labute approximate surface area is 122 Å². The van der Waals surface area contributed by atoms with Crippen molar-refractivity contribution >= 4 is 5.91 Å². The Bertz CT molecular complexity index is 360. The molecule has 4 fully saturated rings. The number of hydrogen-bond acceptors (Lipinski definition) is 3. The van der Waals surface area contributed by atoms with Gasteiger partial charge in [-0.25, -0.2) is 0 Å². The van der Waals surface area contributed by atoms with Crippen molar-refractivity contribution < 1.29 is 4.79 Å². The lowest BCUT2D eigenvalue weighted by atomic mass is 9.59. The molecule has 3 saturated heterocycles. The zero-order chi connectivity index (χ0) is 14.3. The van der Waals surface area contributed by atoms with Crippen LogP contribution in [0.1, 0.15) is 46.0 Å². The van der Waals surface area contributed by atoms with Gasteiger partial charge in [0, 0.05) is 37.1 Å². The van der Waals surface area contributed by atoms with Crippen molar-refractivity contribution in [3.63, 3.8) is 0 Å². The minimum atomic E-state index is 0.151. The normalized spacial score (nSPS) is 37.8. The van der Waals surface area contributed by atoms with Gasteiger partial charge in [-0.2, -0.15) is 0 Å². The van der Waals surface area contributed by atoms with Crippen LogP contribution in [-0.2, 0) is 4.79 Å². The fourth-order valence-corrected chi connectivity index (χ4v) is 4.56. The minimum Gasteiger partial charge on any atom is -0.333 e. The Hall–Kier alpha value is -0.610. The number of fused-ring (bicyclic) bond motifs is 2. The van der Waals surface area contributed by atoms with Crippen molar-refractivity contribution in [2.75, 3.05) is 26.7 Å². The fourth-order valence-electron chi connectivity index (χ4n) is 4.56. The first kappa shape index (κ1) is 14.3. The molecule has 1 spiro atoms. The van der Waals surface area contributed by atoms with Crippen molar-refractivity contribution in [2.24, 2.45) is 5.41 Å². The van der Waals surface area contributed by atoms with E-state index in [1.54, 1.807) is 0 Å². The van der Waals surface area contributed by atoms with Gasteiger partial charge in [0.15, 0.2) is 0 Å². The van der Waals surface area contributed by atoms with Crippen molar-refractivity contribution in [3.8, 4) is 0 Å². The number of likely N-dealkylation sites (N-methyl/N-ethyl adjacent to an activating group) is 1. The lowest BCUT2D eigenvalue weighted by Crippen LogP contribution is -2.72. The minimum absolute atomic E-state index is 0.151. The molecule has 3 heterocycles. The van der Waals surface area contributed by atoms with Crippen LogP contribution in [0.2, 0.25) is 0 Å². The summed E-state index contributed by atoms with van der Waals surface area (Å²) in [5, 5.41) is 3.41. The topological polar surface area (TPSA) is 35.6 Å². The Morgan fingerprint density at radius 2 is 1.75 bits per heavy atom. The molecule has 4 aliphatic rings. The zero-order valence-electron chi connectivity index (χ0n) is 13.2. The summed E-state index contributed by atoms with van der Waals surface area (Å²) < 4.78 is 0. The molecule has 3 unspecified atom stereocenters. The van der Waals surface area contributed by atoms with Gasteiger partial charge in [0.25, 0.3) is 0 Å². The standard InChI is InChI=1S/C14H23N3O.C2H6/c1-16-7-10-3-4-11(8-16)17(10)13(18)12-14(9-15-12)5-2-6-14;1-2/h10-12,15H,2-9H2,1H3;1-2H3. The Morgan fingerprint density at radius 3 is 2.15 bits per heavy atom. The van der Waals surface area contributed by atoms with Crippen LogP contribution in [0, 0.1) is 5.41 Å². The van der Waals surface area contributed by atoms with Gasteiger partial charge in [-0.15, -0.1) is 0 Å². The second-order valence-electron chi connectivity index (χ2n) is 6.88. The van der Waals surface area contributed by atoms with Crippen LogP contribution in [0.4, 0.5) is 0 Å². The van der Waals surface area contributed by atoms with E-state index in [1.165, 1.54) is 32.1 Å². The Kier molecular flexibility index (Phi) is 3.80. The molecule has 1 amide bonds. The summed E-state index contributed by atoms with van der Waals surface area (Å²) in [4.78, 5) is 17.4. The lowest BCUT2D eigenvalue weighted by molar-refractivity contribution is -0.151. The first-order valence-corrected chi connectivity index (χ1v) is 8.44. The van der Waals surface area contributed by atoms with E-state index in [9.17, 15) is 4.79 Å². The number of nitrogens with zero attached hydrogens (tertiary/aromatic N) is 2. The van der Waals surface area contributed by atoms with Gasteiger partial charge in [0.1, 0.15) is 0 Å². The molecule has 20 heavy (non-hydrogen) atoms. The zero-order valence-corrected chi connectivity index (χ0v) is 13.2. The smallest absolute Gasteiger partial charge is 0.240 e. The molecule has 1 aliphatic carbocycles. The van der Waals surface area contributed by atoms with Crippen LogP contribution >= 0.6 is 0 Å². The highest BCUT2D eigenvalue weighted by Crippen LogP contribution is 2.49. The number of rotatable bonds is 1. The Morgan fingerprint density at radius 1 is 1.15 bits per heavy atom. The second-order valence-corrected chi connectivity index (χ2v) is 6.88. The fraction of sp³-hybridized carbons (Fsp3) is 0.938. The summed E-state index contributed by atoms with van der Waals surface area (Å²) in [5.74, 6) is 0.418. The maximum absolute atomic E-state index is 12.8. The van der Waals surface area contributed by atoms with Crippen molar-refractivity contribution in [1.29, 1.82) is 0 Å². The molecule has 114 valence electrons. The van der Waals surface area contributed by atoms with E-state index in [0.717, 1.165) is 19.6 Å². The molecule has 1 saturated carbocycles.